The molecule has 0 unspecified atom stereocenters. The highest BCUT2D eigenvalue weighted by Crippen LogP contribution is 2.12. The first-order valence-corrected chi connectivity index (χ1v) is 5.81. The predicted octanol–water partition coefficient (Wildman–Crippen LogP) is 1.91. The van der Waals surface area contributed by atoms with Gasteiger partial charge < -0.3 is 11.1 Å². The summed E-state index contributed by atoms with van der Waals surface area (Å²) in [5.74, 6) is -0.920. The van der Waals surface area contributed by atoms with Crippen molar-refractivity contribution in [1.29, 1.82) is 5.26 Å². The largest absolute Gasteiger partial charge is 0.366 e. The van der Waals surface area contributed by atoms with Crippen molar-refractivity contribution in [2.75, 3.05) is 5.32 Å². The highest BCUT2D eigenvalue weighted by Gasteiger charge is 2.08. The zero-order chi connectivity index (χ0) is 14.5. The van der Waals surface area contributed by atoms with Crippen molar-refractivity contribution in [3.63, 3.8) is 0 Å². The third-order valence-electron chi connectivity index (χ3n) is 2.66. The molecular formula is C15H11N3O2. The van der Waals surface area contributed by atoms with E-state index in [1.54, 1.807) is 36.4 Å². The Morgan fingerprint density at radius 2 is 1.75 bits per heavy atom. The molecule has 0 fully saturated rings. The molecule has 2 amide bonds. The molecule has 2 rings (SSSR count). The normalized spacial score (nSPS) is 9.55. The van der Waals surface area contributed by atoms with Crippen molar-refractivity contribution in [3.05, 3.63) is 65.2 Å². The fraction of sp³-hybridized carbons (Fsp3) is 0. The Labute approximate surface area is 115 Å². The summed E-state index contributed by atoms with van der Waals surface area (Å²) in [6.07, 6.45) is 0. The van der Waals surface area contributed by atoms with E-state index in [4.69, 9.17) is 11.0 Å². The molecule has 98 valence electrons. The lowest BCUT2D eigenvalue weighted by Gasteiger charge is -2.06. The summed E-state index contributed by atoms with van der Waals surface area (Å²) in [6.45, 7) is 0. The fourth-order valence-corrected chi connectivity index (χ4v) is 1.68. The maximum atomic E-state index is 12.0. The molecule has 0 aliphatic carbocycles. The zero-order valence-electron chi connectivity index (χ0n) is 10.5. The number of nitrogens with one attached hydrogen (secondary N) is 1. The Balaban J connectivity index is 2.21. The van der Waals surface area contributed by atoms with Gasteiger partial charge in [0.25, 0.3) is 5.91 Å². The average Bonchev–Trinajstić information content (AvgIpc) is 2.47. The van der Waals surface area contributed by atoms with Gasteiger partial charge in [0.15, 0.2) is 0 Å². The second-order valence-corrected chi connectivity index (χ2v) is 4.09. The number of nitrogens with zero attached hydrogens (tertiary/aromatic N) is 1. The van der Waals surface area contributed by atoms with Gasteiger partial charge in [0.1, 0.15) is 0 Å². The third kappa shape index (κ3) is 3.00. The number of nitriles is 1. The number of carbonyl (C=O) groups is 2. The van der Waals surface area contributed by atoms with Crippen LogP contribution in [0.2, 0.25) is 0 Å². The lowest BCUT2D eigenvalue weighted by atomic mass is 10.1. The van der Waals surface area contributed by atoms with E-state index in [0.29, 0.717) is 22.4 Å². The van der Waals surface area contributed by atoms with Crippen LogP contribution < -0.4 is 11.1 Å². The van der Waals surface area contributed by atoms with E-state index < -0.39 is 5.91 Å². The van der Waals surface area contributed by atoms with Crippen molar-refractivity contribution in [1.82, 2.24) is 0 Å². The van der Waals surface area contributed by atoms with Crippen LogP contribution in [0.25, 0.3) is 0 Å². The molecule has 0 aromatic heterocycles. The number of nitrogens with two attached hydrogens (primary N) is 1. The summed E-state index contributed by atoms with van der Waals surface area (Å²) in [6, 6.07) is 14.7. The quantitative estimate of drug-likeness (QED) is 0.887. The van der Waals surface area contributed by atoms with Gasteiger partial charge in [0, 0.05) is 16.8 Å². The van der Waals surface area contributed by atoms with Gasteiger partial charge in [-0.15, -0.1) is 0 Å². The summed E-state index contributed by atoms with van der Waals surface area (Å²) in [7, 11) is 0. The van der Waals surface area contributed by atoms with E-state index in [1.807, 2.05) is 6.07 Å². The van der Waals surface area contributed by atoms with Gasteiger partial charge in [-0.3, -0.25) is 9.59 Å². The molecule has 2 aromatic carbocycles. The standard InChI is InChI=1S/C15H11N3O2/c16-9-10-3-1-5-12(7-10)15(20)18-13-6-2-4-11(8-13)14(17)19/h1-8H,(H2,17,19)(H,18,20). The van der Waals surface area contributed by atoms with E-state index in [1.165, 1.54) is 12.1 Å². The maximum Gasteiger partial charge on any atom is 0.255 e. The van der Waals surface area contributed by atoms with Gasteiger partial charge in [0.2, 0.25) is 5.91 Å². The Morgan fingerprint density at radius 3 is 2.45 bits per heavy atom. The summed E-state index contributed by atoms with van der Waals surface area (Å²) < 4.78 is 0. The van der Waals surface area contributed by atoms with Gasteiger partial charge >= 0.3 is 0 Å². The van der Waals surface area contributed by atoms with E-state index >= 15 is 0 Å². The minimum absolute atomic E-state index is 0.313. The Kier molecular flexibility index (Phi) is 3.77. The molecule has 0 saturated heterocycles. The number of amides is 2. The number of hydrogen-bond acceptors (Lipinski definition) is 3. The van der Waals surface area contributed by atoms with Crippen LogP contribution >= 0.6 is 0 Å². The number of benzene rings is 2. The van der Waals surface area contributed by atoms with Gasteiger partial charge in [-0.25, -0.2) is 0 Å². The minimum atomic E-state index is -0.562. The predicted molar refractivity (Wildman–Crippen MR) is 74.1 cm³/mol. The van der Waals surface area contributed by atoms with Crippen molar-refractivity contribution < 1.29 is 9.59 Å². The van der Waals surface area contributed by atoms with Crippen molar-refractivity contribution >= 4 is 17.5 Å². The lowest BCUT2D eigenvalue weighted by molar-refractivity contribution is 0.0996. The molecule has 20 heavy (non-hydrogen) atoms. The third-order valence-corrected chi connectivity index (χ3v) is 2.66. The molecule has 5 heteroatoms. The summed E-state index contributed by atoms with van der Waals surface area (Å²) in [5.41, 5.74) is 6.73. The molecule has 0 bridgehead atoms. The zero-order valence-corrected chi connectivity index (χ0v) is 10.5. The topological polar surface area (TPSA) is 96.0 Å². The number of anilines is 1. The smallest absolute Gasteiger partial charge is 0.255 e. The second kappa shape index (κ2) is 5.67. The second-order valence-electron chi connectivity index (χ2n) is 4.09. The number of primary amides is 1. The highest BCUT2D eigenvalue weighted by atomic mass is 16.2. The highest BCUT2D eigenvalue weighted by molar-refractivity contribution is 6.05. The van der Waals surface area contributed by atoms with Crippen molar-refractivity contribution in [3.8, 4) is 6.07 Å². The van der Waals surface area contributed by atoms with Crippen LogP contribution in [0.3, 0.4) is 0 Å². The first kappa shape index (κ1) is 13.3. The van der Waals surface area contributed by atoms with Crippen LogP contribution in [-0.2, 0) is 0 Å². The molecule has 0 saturated carbocycles. The maximum absolute atomic E-state index is 12.0. The summed E-state index contributed by atoms with van der Waals surface area (Å²) in [5, 5.41) is 11.4. The van der Waals surface area contributed by atoms with E-state index in [9.17, 15) is 9.59 Å². The van der Waals surface area contributed by atoms with Gasteiger partial charge in [-0.1, -0.05) is 12.1 Å². The molecule has 0 atom stereocenters. The fourth-order valence-electron chi connectivity index (χ4n) is 1.68. The Bertz CT molecular complexity index is 717. The molecule has 0 radical (unpaired) electrons. The lowest BCUT2D eigenvalue weighted by Crippen LogP contribution is -2.14. The number of hydrogen-bond donors (Lipinski definition) is 2. The van der Waals surface area contributed by atoms with Crippen LogP contribution in [0.4, 0.5) is 5.69 Å². The molecule has 2 aromatic rings. The Morgan fingerprint density at radius 1 is 1.05 bits per heavy atom. The van der Waals surface area contributed by atoms with Gasteiger partial charge in [-0.2, -0.15) is 5.26 Å². The van der Waals surface area contributed by atoms with Crippen LogP contribution in [0.1, 0.15) is 26.3 Å². The first-order chi connectivity index (χ1) is 9.60. The van der Waals surface area contributed by atoms with Crippen LogP contribution in [0, 0.1) is 11.3 Å². The molecule has 0 aliphatic rings. The molecule has 5 nitrogen and oxygen atoms in total. The molecule has 3 N–H and O–H groups in total. The first-order valence-electron chi connectivity index (χ1n) is 5.81. The number of rotatable bonds is 3. The van der Waals surface area contributed by atoms with Crippen LogP contribution in [-0.4, -0.2) is 11.8 Å². The summed E-state index contributed by atoms with van der Waals surface area (Å²) in [4.78, 5) is 23.1. The van der Waals surface area contributed by atoms with Crippen LogP contribution in [0.15, 0.2) is 48.5 Å². The monoisotopic (exact) mass is 265 g/mol. The molecule has 0 aliphatic heterocycles. The molecule has 0 heterocycles. The van der Waals surface area contributed by atoms with Gasteiger partial charge in [0.05, 0.1) is 11.6 Å². The van der Waals surface area contributed by atoms with E-state index in [-0.39, 0.29) is 5.91 Å². The van der Waals surface area contributed by atoms with E-state index in [2.05, 4.69) is 5.32 Å². The average molecular weight is 265 g/mol. The SMILES string of the molecule is N#Cc1cccc(C(=O)Nc2cccc(C(N)=O)c2)c1. The Hall–Kier alpha value is -3.13. The summed E-state index contributed by atoms with van der Waals surface area (Å²) >= 11 is 0. The van der Waals surface area contributed by atoms with Gasteiger partial charge in [-0.05, 0) is 36.4 Å². The minimum Gasteiger partial charge on any atom is -0.366 e. The molecular weight excluding hydrogens is 254 g/mol. The van der Waals surface area contributed by atoms with E-state index in [0.717, 1.165) is 0 Å². The van der Waals surface area contributed by atoms with Crippen molar-refractivity contribution in [2.24, 2.45) is 5.73 Å². The molecule has 0 spiro atoms. The van der Waals surface area contributed by atoms with Crippen molar-refractivity contribution in [2.45, 2.75) is 0 Å². The van der Waals surface area contributed by atoms with Crippen LogP contribution in [0.5, 0.6) is 0 Å². The number of carbonyl (C=O) groups excluding carboxylic acids is 2.